The molecular formula is C12H20N2O. The van der Waals surface area contributed by atoms with Gasteiger partial charge in [-0.1, -0.05) is 6.42 Å². The number of piperidine rings is 1. The number of hydrogen-bond donors (Lipinski definition) is 2. The minimum absolute atomic E-state index is 0.100. The Morgan fingerprint density at radius 3 is 2.80 bits per heavy atom. The molecule has 3 fully saturated rings. The molecule has 0 aromatic heterocycles. The molecule has 0 spiro atoms. The molecule has 0 aromatic rings. The molecule has 1 heterocycles. The third kappa shape index (κ3) is 1.78. The highest BCUT2D eigenvalue weighted by atomic mass is 16.2. The third-order valence-electron chi connectivity index (χ3n) is 4.44. The Kier molecular flexibility index (Phi) is 2.43. The smallest absolute Gasteiger partial charge is 0.237 e. The average molecular weight is 208 g/mol. The second kappa shape index (κ2) is 3.78. The van der Waals surface area contributed by atoms with Crippen LogP contribution in [0.5, 0.6) is 0 Å². The first-order valence-electron chi connectivity index (χ1n) is 6.36. The molecule has 1 saturated heterocycles. The van der Waals surface area contributed by atoms with Crippen LogP contribution in [0.2, 0.25) is 0 Å². The zero-order valence-corrected chi connectivity index (χ0v) is 9.17. The minimum Gasteiger partial charge on any atom is -0.355 e. The van der Waals surface area contributed by atoms with Crippen LogP contribution in [-0.4, -0.2) is 24.5 Å². The Balaban J connectivity index is 1.58. The summed E-state index contributed by atoms with van der Waals surface area (Å²) in [5, 5.41) is 6.54. The number of nitrogens with one attached hydrogen (secondary N) is 2. The summed E-state index contributed by atoms with van der Waals surface area (Å²) in [4.78, 5) is 11.6. The summed E-state index contributed by atoms with van der Waals surface area (Å²) < 4.78 is 0. The zero-order valence-electron chi connectivity index (χ0n) is 9.17. The quantitative estimate of drug-likeness (QED) is 0.712. The fourth-order valence-corrected chi connectivity index (χ4v) is 3.64. The number of rotatable bonds is 2. The highest BCUT2D eigenvalue weighted by Crippen LogP contribution is 2.44. The molecule has 15 heavy (non-hydrogen) atoms. The van der Waals surface area contributed by atoms with Crippen LogP contribution >= 0.6 is 0 Å². The van der Waals surface area contributed by atoms with Crippen molar-refractivity contribution in [3.8, 4) is 0 Å². The standard InChI is InChI=1S/C12H20N2O/c15-12-10(2-1-5-13-12)14-11-7-8-3-4-9(11)6-8/h8-11,14H,1-7H2,(H,13,15). The van der Waals surface area contributed by atoms with Gasteiger partial charge in [0.25, 0.3) is 0 Å². The van der Waals surface area contributed by atoms with Crippen molar-refractivity contribution >= 4 is 5.91 Å². The highest BCUT2D eigenvalue weighted by molar-refractivity contribution is 5.82. The summed E-state index contributed by atoms with van der Waals surface area (Å²) in [5.41, 5.74) is 0. The normalized spacial score (nSPS) is 44.4. The van der Waals surface area contributed by atoms with E-state index >= 15 is 0 Å². The van der Waals surface area contributed by atoms with Gasteiger partial charge in [0.15, 0.2) is 0 Å². The third-order valence-corrected chi connectivity index (χ3v) is 4.44. The molecule has 3 rings (SSSR count). The van der Waals surface area contributed by atoms with Gasteiger partial charge in [-0.25, -0.2) is 0 Å². The molecule has 3 aliphatic rings. The number of carbonyl (C=O) groups excluding carboxylic acids is 1. The lowest BCUT2D eigenvalue weighted by Crippen LogP contribution is -2.52. The molecule has 0 radical (unpaired) electrons. The van der Waals surface area contributed by atoms with Crippen LogP contribution < -0.4 is 10.6 Å². The second-order valence-corrected chi connectivity index (χ2v) is 5.43. The molecule has 4 atom stereocenters. The summed E-state index contributed by atoms with van der Waals surface area (Å²) in [5.74, 6) is 2.05. The Bertz CT molecular complexity index is 266. The van der Waals surface area contributed by atoms with Crippen molar-refractivity contribution in [2.45, 2.75) is 50.6 Å². The van der Waals surface area contributed by atoms with Gasteiger partial charge in [0.2, 0.25) is 5.91 Å². The van der Waals surface area contributed by atoms with Gasteiger partial charge in [-0.15, -0.1) is 0 Å². The van der Waals surface area contributed by atoms with E-state index in [1.54, 1.807) is 0 Å². The van der Waals surface area contributed by atoms with E-state index in [9.17, 15) is 4.79 Å². The van der Waals surface area contributed by atoms with Gasteiger partial charge in [0.05, 0.1) is 6.04 Å². The molecule has 3 nitrogen and oxygen atoms in total. The summed E-state index contributed by atoms with van der Waals surface area (Å²) >= 11 is 0. The summed E-state index contributed by atoms with van der Waals surface area (Å²) in [6, 6.07) is 0.737. The molecular weight excluding hydrogens is 188 g/mol. The van der Waals surface area contributed by atoms with Crippen molar-refractivity contribution in [2.75, 3.05) is 6.54 Å². The Hall–Kier alpha value is -0.570. The van der Waals surface area contributed by atoms with E-state index in [1.165, 1.54) is 25.7 Å². The second-order valence-electron chi connectivity index (χ2n) is 5.43. The van der Waals surface area contributed by atoms with Crippen LogP contribution in [0.1, 0.15) is 38.5 Å². The molecule has 2 N–H and O–H groups in total. The van der Waals surface area contributed by atoms with Crippen LogP contribution in [0.25, 0.3) is 0 Å². The van der Waals surface area contributed by atoms with Crippen molar-refractivity contribution < 1.29 is 4.79 Å². The summed E-state index contributed by atoms with van der Waals surface area (Å²) in [7, 11) is 0. The van der Waals surface area contributed by atoms with Crippen molar-refractivity contribution in [3.63, 3.8) is 0 Å². The van der Waals surface area contributed by atoms with Gasteiger partial charge < -0.3 is 10.6 Å². The number of carbonyl (C=O) groups is 1. The van der Waals surface area contributed by atoms with E-state index < -0.39 is 0 Å². The van der Waals surface area contributed by atoms with Gasteiger partial charge in [-0.3, -0.25) is 4.79 Å². The Morgan fingerprint density at radius 1 is 1.20 bits per heavy atom. The Labute approximate surface area is 91.0 Å². The number of fused-ring (bicyclic) bond motifs is 2. The molecule has 2 saturated carbocycles. The van der Waals surface area contributed by atoms with Gasteiger partial charge >= 0.3 is 0 Å². The van der Waals surface area contributed by atoms with Crippen LogP contribution in [0.4, 0.5) is 0 Å². The number of amides is 1. The first kappa shape index (κ1) is 9.64. The first-order valence-corrected chi connectivity index (χ1v) is 6.36. The molecule has 2 aliphatic carbocycles. The van der Waals surface area contributed by atoms with Crippen LogP contribution in [0, 0.1) is 11.8 Å². The van der Waals surface area contributed by atoms with Crippen LogP contribution in [-0.2, 0) is 4.79 Å². The molecule has 4 unspecified atom stereocenters. The largest absolute Gasteiger partial charge is 0.355 e. The van der Waals surface area contributed by atoms with Gasteiger partial charge in [-0.2, -0.15) is 0 Å². The topological polar surface area (TPSA) is 41.1 Å². The molecule has 0 aromatic carbocycles. The van der Waals surface area contributed by atoms with E-state index in [0.29, 0.717) is 6.04 Å². The maximum Gasteiger partial charge on any atom is 0.237 e. The number of hydrogen-bond acceptors (Lipinski definition) is 2. The maximum atomic E-state index is 11.6. The van der Waals surface area contributed by atoms with E-state index in [4.69, 9.17) is 0 Å². The Morgan fingerprint density at radius 2 is 2.13 bits per heavy atom. The van der Waals surface area contributed by atoms with Crippen molar-refractivity contribution in [2.24, 2.45) is 11.8 Å². The van der Waals surface area contributed by atoms with Crippen LogP contribution in [0.3, 0.4) is 0 Å². The molecule has 84 valence electrons. The van der Waals surface area contributed by atoms with Gasteiger partial charge in [-0.05, 0) is 43.9 Å². The van der Waals surface area contributed by atoms with E-state index in [2.05, 4.69) is 10.6 Å². The lowest BCUT2D eigenvalue weighted by atomic mass is 9.93. The van der Waals surface area contributed by atoms with E-state index in [0.717, 1.165) is 31.2 Å². The fourth-order valence-electron chi connectivity index (χ4n) is 3.64. The van der Waals surface area contributed by atoms with Gasteiger partial charge in [0, 0.05) is 12.6 Å². The summed E-state index contributed by atoms with van der Waals surface area (Å²) in [6.07, 6.45) is 7.70. The summed E-state index contributed by atoms with van der Waals surface area (Å²) in [6.45, 7) is 0.869. The van der Waals surface area contributed by atoms with E-state index in [1.807, 2.05) is 0 Å². The highest BCUT2D eigenvalue weighted by Gasteiger charge is 2.40. The lowest BCUT2D eigenvalue weighted by Gasteiger charge is -2.30. The molecule has 1 aliphatic heterocycles. The molecule has 3 heteroatoms. The average Bonchev–Trinajstić information content (AvgIpc) is 2.83. The van der Waals surface area contributed by atoms with Crippen molar-refractivity contribution in [3.05, 3.63) is 0 Å². The first-order chi connectivity index (χ1) is 7.33. The van der Waals surface area contributed by atoms with Crippen molar-refractivity contribution in [1.29, 1.82) is 0 Å². The molecule has 1 amide bonds. The fraction of sp³-hybridized carbons (Fsp3) is 0.917. The maximum absolute atomic E-state index is 11.6. The van der Waals surface area contributed by atoms with Gasteiger partial charge in [0.1, 0.15) is 0 Å². The lowest BCUT2D eigenvalue weighted by molar-refractivity contribution is -0.124. The van der Waals surface area contributed by atoms with E-state index in [-0.39, 0.29) is 11.9 Å². The predicted octanol–water partition coefficient (Wildman–Crippen LogP) is 1.04. The predicted molar refractivity (Wildman–Crippen MR) is 58.4 cm³/mol. The van der Waals surface area contributed by atoms with Crippen LogP contribution in [0.15, 0.2) is 0 Å². The SMILES string of the molecule is O=C1NCCCC1NC1CC2CCC1C2. The zero-order chi connectivity index (χ0) is 10.3. The monoisotopic (exact) mass is 208 g/mol. The van der Waals surface area contributed by atoms with Crippen molar-refractivity contribution in [1.82, 2.24) is 10.6 Å². The minimum atomic E-state index is 0.100. The molecule has 2 bridgehead atoms.